The summed E-state index contributed by atoms with van der Waals surface area (Å²) in [5, 5.41) is 10.9. The van der Waals surface area contributed by atoms with Gasteiger partial charge in [0.25, 0.3) is 5.91 Å². The molecule has 158 valence electrons. The molecule has 1 aromatic carbocycles. The minimum atomic E-state index is -0.259. The number of carbonyl (C=O) groups is 1. The molecule has 1 aliphatic rings. The molecule has 11 heteroatoms. The predicted molar refractivity (Wildman–Crippen MR) is 113 cm³/mol. The number of methoxy groups -OCH3 is 2. The number of nitrogen functional groups attached to an aromatic ring is 1. The number of anilines is 1. The molecule has 1 amide bonds. The van der Waals surface area contributed by atoms with Gasteiger partial charge in [-0.3, -0.25) is 14.8 Å². The number of aromatic nitrogens is 3. The van der Waals surface area contributed by atoms with Crippen LogP contribution >= 0.6 is 23.4 Å². The molecule has 1 fully saturated rings. The number of nitrogens with zero attached hydrogens (tertiary/aromatic N) is 3. The van der Waals surface area contributed by atoms with Gasteiger partial charge < -0.3 is 20.5 Å². The average molecular weight is 441 g/mol. The minimum Gasteiger partial charge on any atom is -0.496 e. The van der Waals surface area contributed by atoms with Crippen LogP contribution < -0.4 is 15.8 Å². The van der Waals surface area contributed by atoms with Gasteiger partial charge in [-0.2, -0.15) is 5.10 Å². The Kier molecular flexibility index (Phi) is 7.59. The van der Waals surface area contributed by atoms with Gasteiger partial charge >= 0.3 is 0 Å². The molecular formula is C18H25ClN6O3S. The first-order chi connectivity index (χ1) is 14.0. The lowest BCUT2D eigenvalue weighted by molar-refractivity contribution is 0.00833. The molecule has 1 aromatic heterocycles. The Labute approximate surface area is 178 Å². The van der Waals surface area contributed by atoms with Crippen molar-refractivity contribution in [3.63, 3.8) is 0 Å². The molecule has 1 saturated heterocycles. The number of ether oxygens (including phenoxy) is 2. The fourth-order valence-corrected chi connectivity index (χ4v) is 4.23. The van der Waals surface area contributed by atoms with Crippen molar-refractivity contribution in [2.75, 3.05) is 45.3 Å². The number of thioether (sulfide) groups is 1. The van der Waals surface area contributed by atoms with Crippen molar-refractivity contribution in [1.82, 2.24) is 25.4 Å². The van der Waals surface area contributed by atoms with E-state index in [-0.39, 0.29) is 18.1 Å². The Morgan fingerprint density at radius 2 is 2.31 bits per heavy atom. The van der Waals surface area contributed by atoms with Gasteiger partial charge in [0.05, 0.1) is 35.5 Å². The highest BCUT2D eigenvalue weighted by molar-refractivity contribution is 7.99. The molecule has 4 N–H and O–H groups in total. The van der Waals surface area contributed by atoms with Crippen LogP contribution in [0.2, 0.25) is 5.02 Å². The van der Waals surface area contributed by atoms with Gasteiger partial charge in [-0.1, -0.05) is 23.4 Å². The molecule has 2 atom stereocenters. The molecule has 1 aliphatic heterocycles. The topological polar surface area (TPSA) is 118 Å². The molecule has 0 bridgehead atoms. The van der Waals surface area contributed by atoms with E-state index < -0.39 is 0 Å². The highest BCUT2D eigenvalue weighted by Crippen LogP contribution is 2.29. The van der Waals surface area contributed by atoms with Crippen molar-refractivity contribution < 1.29 is 14.3 Å². The number of rotatable bonds is 8. The maximum Gasteiger partial charge on any atom is 0.255 e. The van der Waals surface area contributed by atoms with Gasteiger partial charge in [0, 0.05) is 38.6 Å². The van der Waals surface area contributed by atoms with E-state index in [2.05, 4.69) is 25.4 Å². The molecular weight excluding hydrogens is 416 g/mol. The first kappa shape index (κ1) is 21.7. The van der Waals surface area contributed by atoms with E-state index in [0.29, 0.717) is 22.0 Å². The Morgan fingerprint density at radius 1 is 1.48 bits per heavy atom. The lowest BCUT2D eigenvalue weighted by Crippen LogP contribution is -2.55. The summed E-state index contributed by atoms with van der Waals surface area (Å²) in [5.74, 6) is 1.02. The van der Waals surface area contributed by atoms with Crippen LogP contribution in [0.3, 0.4) is 0 Å². The van der Waals surface area contributed by atoms with Gasteiger partial charge in [0.1, 0.15) is 12.1 Å². The van der Waals surface area contributed by atoms with E-state index in [1.165, 1.54) is 19.5 Å². The number of aromatic amines is 1. The zero-order valence-electron chi connectivity index (χ0n) is 16.4. The SMILES string of the molecule is COc1cc(N)c(Cl)cc1C(=O)NC1CCN(CCSc2ncn[nH]2)CC1OC. The second kappa shape index (κ2) is 10.1. The van der Waals surface area contributed by atoms with Crippen LogP contribution in [0, 0.1) is 0 Å². The normalized spacial score (nSPS) is 19.8. The largest absolute Gasteiger partial charge is 0.496 e. The highest BCUT2D eigenvalue weighted by Gasteiger charge is 2.31. The summed E-state index contributed by atoms with van der Waals surface area (Å²) in [4.78, 5) is 19.3. The Hall–Kier alpha value is -2.01. The summed E-state index contributed by atoms with van der Waals surface area (Å²) in [5.41, 5.74) is 6.52. The number of carbonyl (C=O) groups excluding carboxylic acids is 1. The number of amides is 1. The summed E-state index contributed by atoms with van der Waals surface area (Å²) in [6.45, 7) is 2.49. The standard InChI is InChI=1S/C18H25ClN6O3S/c1-27-15-8-13(20)12(19)7-11(15)17(26)23-14-3-4-25(9-16(14)28-2)5-6-29-18-21-10-22-24-18/h7-8,10,14,16H,3-6,9,20H2,1-2H3,(H,23,26)(H,21,22,24). The quantitative estimate of drug-likeness (QED) is 0.419. The van der Waals surface area contributed by atoms with Gasteiger partial charge in [-0.15, -0.1) is 0 Å². The molecule has 9 nitrogen and oxygen atoms in total. The smallest absolute Gasteiger partial charge is 0.255 e. The predicted octanol–water partition coefficient (Wildman–Crippen LogP) is 1.66. The number of hydrogen-bond acceptors (Lipinski definition) is 8. The van der Waals surface area contributed by atoms with Crippen molar-refractivity contribution in [2.24, 2.45) is 0 Å². The first-order valence-electron chi connectivity index (χ1n) is 9.19. The van der Waals surface area contributed by atoms with E-state index in [1.54, 1.807) is 24.9 Å². The van der Waals surface area contributed by atoms with Crippen molar-refractivity contribution in [3.05, 3.63) is 29.0 Å². The van der Waals surface area contributed by atoms with Crippen molar-refractivity contribution in [3.8, 4) is 5.75 Å². The summed E-state index contributed by atoms with van der Waals surface area (Å²) < 4.78 is 10.9. The van der Waals surface area contributed by atoms with E-state index in [1.807, 2.05) is 0 Å². The second-order valence-electron chi connectivity index (χ2n) is 6.66. The van der Waals surface area contributed by atoms with Crippen LogP contribution in [0.15, 0.2) is 23.6 Å². The molecule has 0 aliphatic carbocycles. The Morgan fingerprint density at radius 3 is 3.00 bits per heavy atom. The zero-order valence-corrected chi connectivity index (χ0v) is 17.9. The van der Waals surface area contributed by atoms with Crippen molar-refractivity contribution >= 4 is 35.0 Å². The van der Waals surface area contributed by atoms with E-state index >= 15 is 0 Å². The maximum absolute atomic E-state index is 12.8. The zero-order chi connectivity index (χ0) is 20.8. The van der Waals surface area contributed by atoms with Gasteiger partial charge in [0.2, 0.25) is 0 Å². The second-order valence-corrected chi connectivity index (χ2v) is 8.15. The minimum absolute atomic E-state index is 0.105. The van der Waals surface area contributed by atoms with Crippen LogP contribution in [0.5, 0.6) is 5.75 Å². The number of H-pyrrole nitrogens is 1. The van der Waals surface area contributed by atoms with E-state index in [9.17, 15) is 4.79 Å². The number of benzene rings is 1. The van der Waals surface area contributed by atoms with Crippen molar-refractivity contribution in [1.29, 1.82) is 0 Å². The lowest BCUT2D eigenvalue weighted by Gasteiger charge is -2.38. The monoisotopic (exact) mass is 440 g/mol. The highest BCUT2D eigenvalue weighted by atomic mass is 35.5. The summed E-state index contributed by atoms with van der Waals surface area (Å²) in [7, 11) is 3.16. The maximum atomic E-state index is 12.8. The van der Waals surface area contributed by atoms with Crippen LogP contribution in [0.25, 0.3) is 0 Å². The van der Waals surface area contributed by atoms with Crippen LogP contribution in [0.4, 0.5) is 5.69 Å². The average Bonchev–Trinajstić information content (AvgIpc) is 3.24. The van der Waals surface area contributed by atoms with Crippen LogP contribution in [-0.4, -0.2) is 77.7 Å². The molecule has 2 aromatic rings. The number of piperidine rings is 1. The molecule has 0 spiro atoms. The fourth-order valence-electron chi connectivity index (χ4n) is 3.28. The van der Waals surface area contributed by atoms with Crippen molar-refractivity contribution in [2.45, 2.75) is 23.7 Å². The van der Waals surface area contributed by atoms with Gasteiger partial charge in [0.15, 0.2) is 5.16 Å². The molecule has 0 saturated carbocycles. The Bertz CT molecular complexity index is 822. The third-order valence-electron chi connectivity index (χ3n) is 4.87. The van der Waals surface area contributed by atoms with Crippen LogP contribution in [-0.2, 0) is 4.74 Å². The number of hydrogen-bond donors (Lipinski definition) is 3. The van der Waals surface area contributed by atoms with Crippen LogP contribution in [0.1, 0.15) is 16.8 Å². The Balaban J connectivity index is 1.56. The first-order valence-corrected chi connectivity index (χ1v) is 10.5. The molecule has 0 radical (unpaired) electrons. The van der Waals surface area contributed by atoms with Gasteiger partial charge in [-0.05, 0) is 12.5 Å². The molecule has 2 heterocycles. The third-order valence-corrected chi connectivity index (χ3v) is 6.05. The molecule has 2 unspecified atom stereocenters. The summed E-state index contributed by atoms with van der Waals surface area (Å²) in [6, 6.07) is 2.98. The number of nitrogens with two attached hydrogens (primary N) is 1. The molecule has 29 heavy (non-hydrogen) atoms. The fraction of sp³-hybridized carbons (Fsp3) is 0.500. The molecule has 3 rings (SSSR count). The summed E-state index contributed by atoms with van der Waals surface area (Å²) >= 11 is 7.71. The van der Waals surface area contributed by atoms with E-state index in [0.717, 1.165) is 37.0 Å². The van der Waals surface area contributed by atoms with Gasteiger partial charge in [-0.25, -0.2) is 4.98 Å². The number of nitrogens with one attached hydrogen (secondary N) is 2. The number of likely N-dealkylation sites (tertiary alicyclic amines) is 1. The lowest BCUT2D eigenvalue weighted by atomic mass is 10.0. The number of halogens is 1. The third kappa shape index (κ3) is 5.53. The summed E-state index contributed by atoms with van der Waals surface area (Å²) in [6.07, 6.45) is 2.17. The van der Waals surface area contributed by atoms with E-state index in [4.69, 9.17) is 26.8 Å².